The average Bonchev–Trinajstić information content (AvgIpc) is 2.53. The largest absolute Gasteiger partial charge is 0.493 e. The molecule has 108 valence electrons. The molecular formula is C18H25NO. The summed E-state index contributed by atoms with van der Waals surface area (Å²) in [7, 11) is 0. The van der Waals surface area contributed by atoms with Gasteiger partial charge in [0, 0.05) is 12.5 Å². The highest BCUT2D eigenvalue weighted by Gasteiger charge is 2.20. The van der Waals surface area contributed by atoms with Gasteiger partial charge in [-0.1, -0.05) is 29.8 Å². The zero-order chi connectivity index (χ0) is 13.6. The van der Waals surface area contributed by atoms with Crippen molar-refractivity contribution in [2.45, 2.75) is 44.4 Å². The number of nitrogens with one attached hydrogen (secondary N) is 1. The van der Waals surface area contributed by atoms with Gasteiger partial charge < -0.3 is 10.1 Å². The summed E-state index contributed by atoms with van der Waals surface area (Å²) in [5.74, 6) is 1.70. The van der Waals surface area contributed by atoms with Crippen LogP contribution in [-0.4, -0.2) is 19.7 Å². The van der Waals surface area contributed by atoms with E-state index >= 15 is 0 Å². The molecule has 1 atom stereocenters. The fourth-order valence-corrected chi connectivity index (χ4v) is 3.28. The third-order valence-corrected chi connectivity index (χ3v) is 4.48. The average molecular weight is 271 g/mol. The van der Waals surface area contributed by atoms with Crippen molar-refractivity contribution in [3.8, 4) is 5.75 Å². The van der Waals surface area contributed by atoms with Crippen LogP contribution >= 0.6 is 0 Å². The van der Waals surface area contributed by atoms with Gasteiger partial charge in [0.1, 0.15) is 5.75 Å². The Morgan fingerprint density at radius 3 is 3.05 bits per heavy atom. The molecule has 0 radical (unpaired) electrons. The van der Waals surface area contributed by atoms with Crippen molar-refractivity contribution in [1.29, 1.82) is 0 Å². The van der Waals surface area contributed by atoms with Crippen LogP contribution in [0.2, 0.25) is 0 Å². The Morgan fingerprint density at radius 2 is 2.15 bits per heavy atom. The van der Waals surface area contributed by atoms with Crippen LogP contribution in [0.5, 0.6) is 5.75 Å². The molecule has 1 unspecified atom stereocenters. The molecule has 2 aliphatic rings. The van der Waals surface area contributed by atoms with Gasteiger partial charge in [0.25, 0.3) is 0 Å². The van der Waals surface area contributed by atoms with Crippen LogP contribution in [0.1, 0.15) is 50.0 Å². The Hall–Kier alpha value is -1.28. The third kappa shape index (κ3) is 3.43. The summed E-state index contributed by atoms with van der Waals surface area (Å²) in [6, 6.07) is 8.48. The SMILES string of the molecule is C1=C(CCNCC2CCOc3ccccc32)CCCC1. The molecule has 1 aromatic carbocycles. The first-order chi connectivity index (χ1) is 9.93. The molecule has 20 heavy (non-hydrogen) atoms. The van der Waals surface area contributed by atoms with Crippen LogP contribution < -0.4 is 10.1 Å². The van der Waals surface area contributed by atoms with Crippen molar-refractivity contribution >= 4 is 0 Å². The van der Waals surface area contributed by atoms with Crippen LogP contribution in [0, 0.1) is 0 Å². The van der Waals surface area contributed by atoms with Gasteiger partial charge in [-0.25, -0.2) is 0 Å². The van der Waals surface area contributed by atoms with E-state index in [9.17, 15) is 0 Å². The van der Waals surface area contributed by atoms with E-state index in [-0.39, 0.29) is 0 Å². The minimum atomic E-state index is 0.611. The molecule has 1 aromatic rings. The van der Waals surface area contributed by atoms with E-state index in [1.54, 1.807) is 5.57 Å². The number of para-hydroxylation sites is 1. The Kier molecular flexibility index (Phi) is 4.75. The molecule has 0 amide bonds. The number of rotatable bonds is 5. The van der Waals surface area contributed by atoms with E-state index in [0.717, 1.165) is 31.9 Å². The molecule has 0 aromatic heterocycles. The summed E-state index contributed by atoms with van der Waals surface area (Å²) in [6.45, 7) is 3.05. The van der Waals surface area contributed by atoms with Gasteiger partial charge in [-0.2, -0.15) is 0 Å². The van der Waals surface area contributed by atoms with Crippen molar-refractivity contribution in [3.63, 3.8) is 0 Å². The summed E-state index contributed by atoms with van der Waals surface area (Å²) in [4.78, 5) is 0. The lowest BCUT2D eigenvalue weighted by Crippen LogP contribution is -2.26. The second-order valence-corrected chi connectivity index (χ2v) is 5.93. The van der Waals surface area contributed by atoms with Crippen molar-refractivity contribution < 1.29 is 4.74 Å². The molecule has 1 aliphatic heterocycles. The summed E-state index contributed by atoms with van der Waals surface area (Å²) < 4.78 is 5.72. The number of benzene rings is 1. The van der Waals surface area contributed by atoms with Crippen molar-refractivity contribution in [1.82, 2.24) is 5.32 Å². The van der Waals surface area contributed by atoms with E-state index in [2.05, 4.69) is 35.7 Å². The molecule has 0 spiro atoms. The van der Waals surface area contributed by atoms with Gasteiger partial charge in [-0.15, -0.1) is 0 Å². The highest BCUT2D eigenvalue weighted by molar-refractivity contribution is 5.37. The van der Waals surface area contributed by atoms with E-state index < -0.39 is 0 Å². The minimum absolute atomic E-state index is 0.611. The number of fused-ring (bicyclic) bond motifs is 1. The topological polar surface area (TPSA) is 21.3 Å². The van der Waals surface area contributed by atoms with E-state index in [4.69, 9.17) is 4.74 Å². The second kappa shape index (κ2) is 6.94. The monoisotopic (exact) mass is 271 g/mol. The van der Waals surface area contributed by atoms with Crippen LogP contribution in [0.15, 0.2) is 35.9 Å². The van der Waals surface area contributed by atoms with E-state index in [1.807, 2.05) is 0 Å². The number of ether oxygens (including phenoxy) is 1. The fourth-order valence-electron chi connectivity index (χ4n) is 3.28. The zero-order valence-corrected chi connectivity index (χ0v) is 12.2. The van der Waals surface area contributed by atoms with Crippen molar-refractivity contribution in [2.24, 2.45) is 0 Å². The first kappa shape index (κ1) is 13.7. The number of hydrogen-bond acceptors (Lipinski definition) is 2. The summed E-state index contributed by atoms with van der Waals surface area (Å²) in [5.41, 5.74) is 3.04. The fraction of sp³-hybridized carbons (Fsp3) is 0.556. The second-order valence-electron chi connectivity index (χ2n) is 5.93. The third-order valence-electron chi connectivity index (χ3n) is 4.48. The predicted molar refractivity (Wildman–Crippen MR) is 83.3 cm³/mol. The zero-order valence-electron chi connectivity index (χ0n) is 12.2. The van der Waals surface area contributed by atoms with Crippen molar-refractivity contribution in [2.75, 3.05) is 19.7 Å². The highest BCUT2D eigenvalue weighted by atomic mass is 16.5. The van der Waals surface area contributed by atoms with Gasteiger partial charge in [-0.05, 0) is 56.7 Å². The molecule has 2 nitrogen and oxygen atoms in total. The molecule has 1 N–H and O–H groups in total. The predicted octanol–water partition coefficient (Wildman–Crippen LogP) is 4.03. The van der Waals surface area contributed by atoms with Crippen LogP contribution in [0.25, 0.3) is 0 Å². The maximum absolute atomic E-state index is 5.72. The first-order valence-electron chi connectivity index (χ1n) is 8.04. The summed E-state index contributed by atoms with van der Waals surface area (Å²) in [5, 5.41) is 3.65. The lowest BCUT2D eigenvalue weighted by molar-refractivity contribution is 0.265. The first-order valence-corrected chi connectivity index (χ1v) is 8.04. The van der Waals surface area contributed by atoms with Gasteiger partial charge in [0.2, 0.25) is 0 Å². The van der Waals surface area contributed by atoms with E-state index in [1.165, 1.54) is 37.7 Å². The smallest absolute Gasteiger partial charge is 0.122 e. The summed E-state index contributed by atoms with van der Waals surface area (Å²) in [6.07, 6.45) is 10.2. The molecule has 0 bridgehead atoms. The molecule has 0 fully saturated rings. The van der Waals surface area contributed by atoms with Gasteiger partial charge in [0.15, 0.2) is 0 Å². The van der Waals surface area contributed by atoms with Gasteiger partial charge in [-0.3, -0.25) is 0 Å². The van der Waals surface area contributed by atoms with E-state index in [0.29, 0.717) is 5.92 Å². The molecule has 2 heteroatoms. The number of hydrogen-bond donors (Lipinski definition) is 1. The highest BCUT2D eigenvalue weighted by Crippen LogP contribution is 2.32. The van der Waals surface area contributed by atoms with Crippen molar-refractivity contribution in [3.05, 3.63) is 41.5 Å². The molecule has 1 heterocycles. The lowest BCUT2D eigenvalue weighted by Gasteiger charge is -2.26. The Bertz CT molecular complexity index is 466. The molecule has 3 rings (SSSR count). The minimum Gasteiger partial charge on any atom is -0.493 e. The molecule has 1 aliphatic carbocycles. The van der Waals surface area contributed by atoms with Crippen LogP contribution in [0.4, 0.5) is 0 Å². The lowest BCUT2D eigenvalue weighted by atomic mass is 9.93. The normalized spacial score (nSPS) is 21.8. The van der Waals surface area contributed by atoms with Gasteiger partial charge in [0.05, 0.1) is 6.61 Å². The Balaban J connectivity index is 1.46. The van der Waals surface area contributed by atoms with Gasteiger partial charge >= 0.3 is 0 Å². The molecule has 0 saturated carbocycles. The summed E-state index contributed by atoms with van der Waals surface area (Å²) >= 11 is 0. The molecular weight excluding hydrogens is 246 g/mol. The molecule has 0 saturated heterocycles. The maximum atomic E-state index is 5.72. The van der Waals surface area contributed by atoms with Crippen LogP contribution in [0.3, 0.4) is 0 Å². The maximum Gasteiger partial charge on any atom is 0.122 e. The number of allylic oxidation sites excluding steroid dienone is 1. The van der Waals surface area contributed by atoms with Crippen LogP contribution in [-0.2, 0) is 0 Å². The quantitative estimate of drug-likeness (QED) is 0.645. The Labute approximate surface area is 122 Å². The standard InChI is InChI=1S/C18H25NO/c1-2-6-15(7-3-1)10-12-19-14-16-11-13-20-18-9-5-4-8-17(16)18/h4-6,8-9,16,19H,1-3,7,10-14H2. The Morgan fingerprint density at radius 1 is 1.20 bits per heavy atom.